The van der Waals surface area contributed by atoms with Crippen molar-refractivity contribution in [1.82, 2.24) is 4.57 Å². The van der Waals surface area contributed by atoms with Crippen molar-refractivity contribution < 1.29 is 9.90 Å². The lowest BCUT2D eigenvalue weighted by Gasteiger charge is -1.99. The van der Waals surface area contributed by atoms with Gasteiger partial charge in [-0.2, -0.15) is 0 Å². The van der Waals surface area contributed by atoms with Gasteiger partial charge >= 0.3 is 0 Å². The van der Waals surface area contributed by atoms with Crippen molar-refractivity contribution >= 4 is 16.7 Å². The van der Waals surface area contributed by atoms with Crippen LogP contribution < -0.4 is 0 Å². The van der Waals surface area contributed by atoms with Gasteiger partial charge in [-0.1, -0.05) is 0 Å². The molecule has 2 aromatic rings. The van der Waals surface area contributed by atoms with Crippen molar-refractivity contribution in [2.45, 2.75) is 6.92 Å². The van der Waals surface area contributed by atoms with Crippen LogP contribution in [0.5, 0.6) is 5.75 Å². The Morgan fingerprint density at radius 2 is 2.07 bits per heavy atom. The number of fused-ring (bicyclic) bond motifs is 1. The van der Waals surface area contributed by atoms with E-state index in [9.17, 15) is 9.90 Å². The molecule has 1 N–H and O–H groups in total. The van der Waals surface area contributed by atoms with Gasteiger partial charge in [-0.25, -0.2) is 0 Å². The number of hydrogen-bond acceptors (Lipinski definition) is 2. The number of aromatic nitrogens is 1. The number of aromatic hydroxyl groups is 1. The first kappa shape index (κ1) is 8.81. The third kappa shape index (κ3) is 1.18. The minimum Gasteiger partial charge on any atom is -0.508 e. The van der Waals surface area contributed by atoms with E-state index in [0.29, 0.717) is 5.69 Å². The molecule has 0 amide bonds. The molecule has 0 aliphatic carbocycles. The van der Waals surface area contributed by atoms with E-state index in [4.69, 9.17) is 0 Å². The monoisotopic (exact) mass is 189 g/mol. The zero-order valence-electron chi connectivity index (χ0n) is 8.11. The Labute approximate surface area is 81.6 Å². The number of carbonyl (C=O) groups is 1. The maximum atomic E-state index is 11.2. The molecule has 0 unspecified atom stereocenters. The molecule has 1 aromatic heterocycles. The van der Waals surface area contributed by atoms with Crippen LogP contribution in [0.3, 0.4) is 0 Å². The Bertz CT molecular complexity index is 511. The maximum Gasteiger partial charge on any atom is 0.176 e. The fourth-order valence-corrected chi connectivity index (χ4v) is 1.66. The van der Waals surface area contributed by atoms with Gasteiger partial charge in [0.15, 0.2) is 5.78 Å². The van der Waals surface area contributed by atoms with Crippen LogP contribution in [0, 0.1) is 0 Å². The second kappa shape index (κ2) is 2.87. The van der Waals surface area contributed by atoms with Crippen LogP contribution in [-0.4, -0.2) is 15.5 Å². The molecule has 72 valence electrons. The van der Waals surface area contributed by atoms with Crippen molar-refractivity contribution in [2.24, 2.45) is 7.05 Å². The zero-order chi connectivity index (χ0) is 10.3. The van der Waals surface area contributed by atoms with Crippen LogP contribution in [0.15, 0.2) is 24.3 Å². The normalized spacial score (nSPS) is 10.7. The Balaban J connectivity index is 2.80. The number of benzene rings is 1. The average molecular weight is 189 g/mol. The molecular weight excluding hydrogens is 178 g/mol. The summed E-state index contributed by atoms with van der Waals surface area (Å²) in [6.07, 6.45) is 0. The molecule has 0 atom stereocenters. The molecule has 0 bridgehead atoms. The lowest BCUT2D eigenvalue weighted by Crippen LogP contribution is -2.00. The summed E-state index contributed by atoms with van der Waals surface area (Å²) in [6.45, 7) is 1.54. The lowest BCUT2D eigenvalue weighted by atomic mass is 10.2. The highest BCUT2D eigenvalue weighted by Crippen LogP contribution is 2.23. The van der Waals surface area contributed by atoms with Gasteiger partial charge in [-0.15, -0.1) is 0 Å². The first-order valence-corrected chi connectivity index (χ1v) is 4.39. The molecule has 14 heavy (non-hydrogen) atoms. The number of nitrogens with zero attached hydrogens (tertiary/aromatic N) is 1. The second-order valence-electron chi connectivity index (χ2n) is 3.39. The van der Waals surface area contributed by atoms with Crippen molar-refractivity contribution in [2.75, 3.05) is 0 Å². The molecule has 0 spiro atoms. The Morgan fingerprint density at radius 3 is 2.71 bits per heavy atom. The summed E-state index contributed by atoms with van der Waals surface area (Å²) in [5, 5.41) is 10.3. The first-order valence-electron chi connectivity index (χ1n) is 4.39. The van der Waals surface area contributed by atoms with Crippen LogP contribution >= 0.6 is 0 Å². The molecule has 2 rings (SSSR count). The fraction of sp³-hybridized carbons (Fsp3) is 0.182. The molecule has 1 aromatic carbocycles. The maximum absolute atomic E-state index is 11.2. The van der Waals surface area contributed by atoms with E-state index in [0.717, 1.165) is 10.9 Å². The van der Waals surface area contributed by atoms with Gasteiger partial charge in [0.2, 0.25) is 0 Å². The van der Waals surface area contributed by atoms with E-state index in [1.54, 1.807) is 22.8 Å². The quantitative estimate of drug-likeness (QED) is 0.698. The second-order valence-corrected chi connectivity index (χ2v) is 3.39. The van der Waals surface area contributed by atoms with Crippen LogP contribution in [0.4, 0.5) is 0 Å². The molecule has 0 saturated heterocycles. The first-order chi connectivity index (χ1) is 6.59. The highest BCUT2D eigenvalue weighted by Gasteiger charge is 2.09. The summed E-state index contributed by atoms with van der Waals surface area (Å²) >= 11 is 0. The van der Waals surface area contributed by atoms with Crippen molar-refractivity contribution in [3.8, 4) is 5.75 Å². The third-order valence-electron chi connectivity index (χ3n) is 2.39. The largest absolute Gasteiger partial charge is 0.508 e. The number of aryl methyl sites for hydroxylation is 1. The summed E-state index contributed by atoms with van der Waals surface area (Å²) in [4.78, 5) is 11.2. The molecule has 3 nitrogen and oxygen atoms in total. The van der Waals surface area contributed by atoms with E-state index in [1.165, 1.54) is 6.92 Å². The van der Waals surface area contributed by atoms with Gasteiger partial charge in [0, 0.05) is 25.4 Å². The number of phenols is 1. The SMILES string of the molecule is CC(=O)c1cc2ccc(O)cc2n1C. The molecule has 0 aliphatic heterocycles. The van der Waals surface area contributed by atoms with E-state index in [2.05, 4.69) is 0 Å². The minimum absolute atomic E-state index is 0.0307. The summed E-state index contributed by atoms with van der Waals surface area (Å²) < 4.78 is 1.79. The Kier molecular flexibility index (Phi) is 1.81. The van der Waals surface area contributed by atoms with Crippen LogP contribution in [0.25, 0.3) is 10.9 Å². The molecule has 0 saturated carbocycles. The molecule has 0 radical (unpaired) electrons. The van der Waals surface area contributed by atoms with Crippen molar-refractivity contribution in [1.29, 1.82) is 0 Å². The van der Waals surface area contributed by atoms with Crippen molar-refractivity contribution in [3.05, 3.63) is 30.0 Å². The number of phenolic OH excluding ortho intramolecular Hbond substituents is 1. The van der Waals surface area contributed by atoms with Gasteiger partial charge < -0.3 is 9.67 Å². The molecule has 3 heteroatoms. The van der Waals surface area contributed by atoms with Crippen LogP contribution in [0.2, 0.25) is 0 Å². The van der Waals surface area contributed by atoms with Gasteiger partial charge in [0.05, 0.1) is 11.2 Å². The van der Waals surface area contributed by atoms with E-state index < -0.39 is 0 Å². The summed E-state index contributed by atoms with van der Waals surface area (Å²) in [6, 6.07) is 6.90. The highest BCUT2D eigenvalue weighted by atomic mass is 16.3. The number of carbonyl (C=O) groups excluding carboxylic acids is 1. The van der Waals surface area contributed by atoms with Crippen molar-refractivity contribution in [3.63, 3.8) is 0 Å². The number of rotatable bonds is 1. The predicted octanol–water partition coefficient (Wildman–Crippen LogP) is 2.09. The summed E-state index contributed by atoms with van der Waals surface area (Å²) in [7, 11) is 1.82. The number of hydrogen-bond donors (Lipinski definition) is 1. The fourth-order valence-electron chi connectivity index (χ4n) is 1.66. The molecule has 0 fully saturated rings. The molecule has 1 heterocycles. The summed E-state index contributed by atoms with van der Waals surface area (Å²) in [5.74, 6) is 0.247. The molecule has 0 aliphatic rings. The van der Waals surface area contributed by atoms with Gasteiger partial charge in [0.25, 0.3) is 0 Å². The number of Topliss-reactive ketones (excluding diaryl/α,β-unsaturated/α-hetero) is 1. The van der Waals surface area contributed by atoms with E-state index >= 15 is 0 Å². The zero-order valence-corrected chi connectivity index (χ0v) is 8.11. The third-order valence-corrected chi connectivity index (χ3v) is 2.39. The lowest BCUT2D eigenvalue weighted by molar-refractivity contribution is 0.101. The van der Waals surface area contributed by atoms with Gasteiger partial charge in [-0.3, -0.25) is 4.79 Å². The topological polar surface area (TPSA) is 42.2 Å². The minimum atomic E-state index is 0.0307. The highest BCUT2D eigenvalue weighted by molar-refractivity contribution is 5.98. The van der Waals surface area contributed by atoms with Gasteiger partial charge in [0.1, 0.15) is 5.75 Å². The standard InChI is InChI=1S/C11H11NO2/c1-7(13)10-5-8-3-4-9(14)6-11(8)12(10)2/h3-6,14H,1-2H3. The van der Waals surface area contributed by atoms with Crippen LogP contribution in [-0.2, 0) is 7.05 Å². The Morgan fingerprint density at radius 1 is 1.36 bits per heavy atom. The smallest absolute Gasteiger partial charge is 0.176 e. The van der Waals surface area contributed by atoms with E-state index in [-0.39, 0.29) is 11.5 Å². The summed E-state index contributed by atoms with van der Waals surface area (Å²) in [5.41, 5.74) is 1.53. The van der Waals surface area contributed by atoms with Crippen LogP contribution in [0.1, 0.15) is 17.4 Å². The number of ketones is 1. The average Bonchev–Trinajstić information content (AvgIpc) is 2.44. The molecular formula is C11H11NO2. The van der Waals surface area contributed by atoms with Gasteiger partial charge in [-0.05, 0) is 18.2 Å². The predicted molar refractivity (Wildman–Crippen MR) is 54.6 cm³/mol. The Hall–Kier alpha value is -1.77. The van der Waals surface area contributed by atoms with E-state index in [1.807, 2.05) is 13.1 Å².